The zero-order valence-corrected chi connectivity index (χ0v) is 4.22. The third-order valence-electron chi connectivity index (χ3n) is 0.803. The SMILES string of the molecule is CC1=CON=CC1. The van der Waals surface area contributed by atoms with E-state index in [1.807, 2.05) is 6.92 Å². The molecule has 0 atom stereocenters. The predicted octanol–water partition coefficient (Wildman–Crippen LogP) is 1.30. The van der Waals surface area contributed by atoms with Crippen LogP contribution >= 0.6 is 0 Å². The Kier molecular flexibility index (Phi) is 1.11. The molecule has 0 bridgehead atoms. The molecule has 0 spiro atoms. The summed E-state index contributed by atoms with van der Waals surface area (Å²) in [5.41, 5.74) is 1.22. The molecule has 2 heteroatoms. The van der Waals surface area contributed by atoms with Gasteiger partial charge in [-0.15, -0.1) is 0 Å². The Labute approximate surface area is 42.5 Å². The van der Waals surface area contributed by atoms with Crippen molar-refractivity contribution in [3.63, 3.8) is 0 Å². The molecule has 0 saturated carbocycles. The highest BCUT2D eigenvalue weighted by Crippen LogP contribution is 2.01. The summed E-state index contributed by atoms with van der Waals surface area (Å²) in [5.74, 6) is 0. The van der Waals surface area contributed by atoms with Crippen molar-refractivity contribution >= 4 is 6.21 Å². The van der Waals surface area contributed by atoms with Crippen LogP contribution < -0.4 is 0 Å². The molecule has 38 valence electrons. The van der Waals surface area contributed by atoms with Gasteiger partial charge < -0.3 is 4.84 Å². The predicted molar refractivity (Wildman–Crippen MR) is 28.0 cm³/mol. The first-order valence-electron chi connectivity index (χ1n) is 2.23. The van der Waals surface area contributed by atoms with E-state index in [4.69, 9.17) is 0 Å². The smallest absolute Gasteiger partial charge is 0.121 e. The fraction of sp³-hybridized carbons (Fsp3) is 0.400. The molecule has 0 fully saturated rings. The summed E-state index contributed by atoms with van der Waals surface area (Å²) in [6, 6.07) is 0. The monoisotopic (exact) mass is 97.1 g/mol. The number of nitrogens with zero attached hydrogens (tertiary/aromatic N) is 1. The molecular weight excluding hydrogens is 90.1 g/mol. The van der Waals surface area contributed by atoms with Gasteiger partial charge in [-0.3, -0.25) is 0 Å². The van der Waals surface area contributed by atoms with E-state index in [-0.39, 0.29) is 0 Å². The van der Waals surface area contributed by atoms with Gasteiger partial charge in [-0.2, -0.15) is 0 Å². The van der Waals surface area contributed by atoms with Crippen LogP contribution in [-0.2, 0) is 4.84 Å². The number of rotatable bonds is 0. The molecular formula is C5H7NO. The van der Waals surface area contributed by atoms with Crippen molar-refractivity contribution in [3.8, 4) is 0 Å². The standard InChI is InChI=1S/C5H7NO/c1-5-2-3-6-7-4-5/h3-4H,2H2,1H3. The number of allylic oxidation sites excluding steroid dienone is 1. The molecule has 1 rings (SSSR count). The van der Waals surface area contributed by atoms with Crippen molar-refractivity contribution in [1.29, 1.82) is 0 Å². The van der Waals surface area contributed by atoms with Gasteiger partial charge in [0.15, 0.2) is 0 Å². The van der Waals surface area contributed by atoms with Gasteiger partial charge in [-0.05, 0) is 12.5 Å². The minimum atomic E-state index is 0.931. The molecule has 1 heterocycles. The van der Waals surface area contributed by atoms with E-state index in [9.17, 15) is 0 Å². The van der Waals surface area contributed by atoms with Gasteiger partial charge in [0.25, 0.3) is 0 Å². The average Bonchev–Trinajstić information content (AvgIpc) is 1.69. The third-order valence-corrected chi connectivity index (χ3v) is 0.803. The first-order valence-corrected chi connectivity index (χ1v) is 2.23. The molecule has 0 aromatic heterocycles. The molecule has 0 aromatic carbocycles. The molecule has 0 radical (unpaired) electrons. The first-order chi connectivity index (χ1) is 3.39. The highest BCUT2D eigenvalue weighted by Gasteiger charge is 1.89. The van der Waals surface area contributed by atoms with E-state index < -0.39 is 0 Å². The van der Waals surface area contributed by atoms with E-state index in [1.54, 1.807) is 12.5 Å². The van der Waals surface area contributed by atoms with Gasteiger partial charge >= 0.3 is 0 Å². The Morgan fingerprint density at radius 1 is 1.86 bits per heavy atom. The second kappa shape index (κ2) is 1.78. The van der Waals surface area contributed by atoms with Gasteiger partial charge in [-0.1, -0.05) is 5.16 Å². The van der Waals surface area contributed by atoms with E-state index in [1.165, 1.54) is 5.57 Å². The van der Waals surface area contributed by atoms with Crippen LogP contribution in [0.3, 0.4) is 0 Å². The minimum Gasteiger partial charge on any atom is -0.365 e. The van der Waals surface area contributed by atoms with Crippen LogP contribution in [-0.4, -0.2) is 6.21 Å². The number of hydrogen-bond acceptors (Lipinski definition) is 2. The normalized spacial score (nSPS) is 18.1. The highest BCUT2D eigenvalue weighted by atomic mass is 16.6. The molecule has 1 aliphatic heterocycles. The summed E-state index contributed by atoms with van der Waals surface area (Å²) in [6.07, 6.45) is 4.33. The van der Waals surface area contributed by atoms with Gasteiger partial charge in [0.1, 0.15) is 6.26 Å². The number of oxime groups is 1. The summed E-state index contributed by atoms with van der Waals surface area (Å²) in [7, 11) is 0. The third kappa shape index (κ3) is 1.03. The Bertz CT molecular complexity index is 115. The fourth-order valence-corrected chi connectivity index (χ4v) is 0.393. The van der Waals surface area contributed by atoms with Crippen LogP contribution in [0.5, 0.6) is 0 Å². The van der Waals surface area contributed by atoms with Crippen molar-refractivity contribution in [1.82, 2.24) is 0 Å². The first kappa shape index (κ1) is 4.37. The van der Waals surface area contributed by atoms with Crippen LogP contribution in [0, 0.1) is 0 Å². The van der Waals surface area contributed by atoms with Crippen LogP contribution in [0.2, 0.25) is 0 Å². The Morgan fingerprint density at radius 3 is 3.00 bits per heavy atom. The van der Waals surface area contributed by atoms with E-state index in [0.717, 1.165) is 6.42 Å². The zero-order valence-electron chi connectivity index (χ0n) is 4.22. The minimum absolute atomic E-state index is 0.931. The van der Waals surface area contributed by atoms with Gasteiger partial charge in [-0.25, -0.2) is 0 Å². The van der Waals surface area contributed by atoms with Crippen LogP contribution in [0.15, 0.2) is 17.0 Å². The van der Waals surface area contributed by atoms with Crippen molar-refractivity contribution in [2.24, 2.45) is 5.16 Å². The molecule has 0 N–H and O–H groups in total. The molecule has 0 aromatic rings. The van der Waals surface area contributed by atoms with Gasteiger partial charge in [0, 0.05) is 12.6 Å². The van der Waals surface area contributed by atoms with Crippen molar-refractivity contribution < 1.29 is 4.84 Å². The van der Waals surface area contributed by atoms with Gasteiger partial charge in [0.05, 0.1) is 0 Å². The second-order valence-electron chi connectivity index (χ2n) is 1.56. The number of hydrogen-bond donors (Lipinski definition) is 0. The Morgan fingerprint density at radius 2 is 2.71 bits per heavy atom. The van der Waals surface area contributed by atoms with Crippen molar-refractivity contribution in [2.45, 2.75) is 13.3 Å². The van der Waals surface area contributed by atoms with Gasteiger partial charge in [0.2, 0.25) is 0 Å². The summed E-state index contributed by atoms with van der Waals surface area (Å²) < 4.78 is 0. The molecule has 0 unspecified atom stereocenters. The van der Waals surface area contributed by atoms with E-state index in [0.29, 0.717) is 0 Å². The fourth-order valence-electron chi connectivity index (χ4n) is 0.393. The van der Waals surface area contributed by atoms with Crippen LogP contribution in [0.1, 0.15) is 13.3 Å². The van der Waals surface area contributed by atoms with Crippen molar-refractivity contribution in [2.75, 3.05) is 0 Å². The zero-order chi connectivity index (χ0) is 5.11. The largest absolute Gasteiger partial charge is 0.365 e. The second-order valence-corrected chi connectivity index (χ2v) is 1.56. The summed E-state index contributed by atoms with van der Waals surface area (Å²) in [4.78, 5) is 4.59. The van der Waals surface area contributed by atoms with E-state index >= 15 is 0 Å². The lowest BCUT2D eigenvalue weighted by molar-refractivity contribution is 0.261. The summed E-state index contributed by atoms with van der Waals surface area (Å²) in [6.45, 7) is 2.01. The molecule has 0 saturated heterocycles. The topological polar surface area (TPSA) is 21.6 Å². The quantitative estimate of drug-likeness (QED) is 0.446. The summed E-state index contributed by atoms with van der Waals surface area (Å²) >= 11 is 0. The molecule has 7 heavy (non-hydrogen) atoms. The molecule has 1 aliphatic rings. The van der Waals surface area contributed by atoms with E-state index in [2.05, 4.69) is 9.99 Å². The Balaban J connectivity index is 2.50. The maximum atomic E-state index is 4.59. The maximum Gasteiger partial charge on any atom is 0.121 e. The lowest BCUT2D eigenvalue weighted by Crippen LogP contribution is -1.86. The molecule has 2 nitrogen and oxygen atoms in total. The maximum absolute atomic E-state index is 4.59. The summed E-state index contributed by atoms with van der Waals surface area (Å²) in [5, 5.41) is 3.53. The van der Waals surface area contributed by atoms with Crippen molar-refractivity contribution in [3.05, 3.63) is 11.8 Å². The molecule has 0 aliphatic carbocycles. The molecule has 0 amide bonds. The Hall–Kier alpha value is -0.790. The van der Waals surface area contributed by atoms with Crippen LogP contribution in [0.25, 0.3) is 0 Å². The van der Waals surface area contributed by atoms with Crippen LogP contribution in [0.4, 0.5) is 0 Å². The lowest BCUT2D eigenvalue weighted by Gasteiger charge is -1.97. The highest BCUT2D eigenvalue weighted by molar-refractivity contribution is 5.60. The average molecular weight is 97.1 g/mol. The lowest BCUT2D eigenvalue weighted by atomic mass is 10.2.